The lowest BCUT2D eigenvalue weighted by Gasteiger charge is -2.16. The smallest absolute Gasteiger partial charge is 0.264 e. The van der Waals surface area contributed by atoms with Crippen LogP contribution in [0.1, 0.15) is 18.5 Å². The summed E-state index contributed by atoms with van der Waals surface area (Å²) in [5.74, 6) is 0.0774. The molecule has 4 N–H and O–H groups in total. The third-order valence-electron chi connectivity index (χ3n) is 3.32. The van der Waals surface area contributed by atoms with Gasteiger partial charge in [-0.2, -0.15) is 0 Å². The van der Waals surface area contributed by atoms with E-state index in [2.05, 4.69) is 15.5 Å². The Balaban J connectivity index is 2.07. The molecule has 0 radical (unpaired) electrons. The van der Waals surface area contributed by atoms with Crippen molar-refractivity contribution >= 4 is 5.91 Å². The fourth-order valence-corrected chi connectivity index (χ4v) is 1.96. The lowest BCUT2D eigenvalue weighted by Crippen LogP contribution is -2.48. The molecule has 0 spiro atoms. The van der Waals surface area contributed by atoms with Gasteiger partial charge >= 0.3 is 0 Å². The van der Waals surface area contributed by atoms with E-state index in [0.29, 0.717) is 11.8 Å². The summed E-state index contributed by atoms with van der Waals surface area (Å²) >= 11 is 0. The van der Waals surface area contributed by atoms with Crippen LogP contribution < -0.4 is 11.1 Å². The number of hydrogen-bond acceptors (Lipinski definition) is 6. The Labute approximate surface area is 122 Å². The van der Waals surface area contributed by atoms with Crippen molar-refractivity contribution in [2.75, 3.05) is 0 Å². The lowest BCUT2D eigenvalue weighted by atomic mass is 10.2. The number of aliphatic hydroxyl groups is 1. The van der Waals surface area contributed by atoms with Crippen LogP contribution in [0.3, 0.4) is 0 Å². The number of carbonyl (C=O) groups is 1. The second kappa shape index (κ2) is 6.06. The number of aryl methyl sites for hydroxylation is 1. The van der Waals surface area contributed by atoms with Crippen LogP contribution in [0.25, 0.3) is 11.6 Å². The first-order valence-corrected chi connectivity index (χ1v) is 6.56. The number of nitrogens with one attached hydrogen (secondary N) is 1. The first-order chi connectivity index (χ1) is 9.90. The van der Waals surface area contributed by atoms with Crippen LogP contribution in [0.4, 0.5) is 0 Å². The Kier molecular flexibility index (Phi) is 4.39. The number of primary amides is 1. The molecule has 0 saturated heterocycles. The maximum absolute atomic E-state index is 11.2. The lowest BCUT2D eigenvalue weighted by molar-refractivity contribution is -0.122. The molecular formula is C13H19N5O3. The van der Waals surface area contributed by atoms with E-state index in [1.807, 2.05) is 30.7 Å². The van der Waals surface area contributed by atoms with Crippen molar-refractivity contribution in [2.45, 2.75) is 32.5 Å². The van der Waals surface area contributed by atoms with Crippen molar-refractivity contribution < 1.29 is 14.3 Å². The maximum atomic E-state index is 11.2. The number of aromatic nitrogens is 3. The van der Waals surface area contributed by atoms with Crippen molar-refractivity contribution in [3.63, 3.8) is 0 Å². The fraction of sp³-hybridized carbons (Fsp3) is 0.462. The molecule has 0 bridgehead atoms. The van der Waals surface area contributed by atoms with Crippen LogP contribution >= 0.6 is 0 Å². The third kappa shape index (κ3) is 3.29. The number of amides is 1. The molecule has 8 heteroatoms. The molecule has 2 atom stereocenters. The topological polar surface area (TPSA) is 119 Å². The summed E-state index contributed by atoms with van der Waals surface area (Å²) < 4.78 is 7.47. The molecule has 8 nitrogen and oxygen atoms in total. The molecule has 2 aromatic rings. The van der Waals surface area contributed by atoms with Gasteiger partial charge in [0.15, 0.2) is 0 Å². The van der Waals surface area contributed by atoms with Crippen LogP contribution in [-0.2, 0) is 18.4 Å². The zero-order valence-corrected chi connectivity index (χ0v) is 12.2. The van der Waals surface area contributed by atoms with E-state index in [9.17, 15) is 9.90 Å². The minimum Gasteiger partial charge on any atom is -0.418 e. The Morgan fingerprint density at radius 3 is 2.76 bits per heavy atom. The molecule has 1 amide bonds. The summed E-state index contributed by atoms with van der Waals surface area (Å²) in [5.41, 5.74) is 7.08. The second-order valence-electron chi connectivity index (χ2n) is 4.92. The molecular weight excluding hydrogens is 274 g/mol. The average Bonchev–Trinajstić information content (AvgIpc) is 2.98. The van der Waals surface area contributed by atoms with E-state index in [-0.39, 0.29) is 6.54 Å². The van der Waals surface area contributed by atoms with Gasteiger partial charge in [-0.1, -0.05) is 0 Å². The Bertz CT molecular complexity index is 632. The van der Waals surface area contributed by atoms with Crippen LogP contribution in [-0.4, -0.2) is 37.9 Å². The zero-order chi connectivity index (χ0) is 15.6. The Morgan fingerprint density at radius 1 is 1.52 bits per heavy atom. The van der Waals surface area contributed by atoms with E-state index in [1.165, 1.54) is 6.92 Å². The van der Waals surface area contributed by atoms with Crippen molar-refractivity contribution in [2.24, 2.45) is 12.8 Å². The predicted octanol–water partition coefficient (Wildman–Crippen LogP) is -0.292. The number of nitrogens with zero attached hydrogens (tertiary/aromatic N) is 3. The molecule has 0 fully saturated rings. The minimum atomic E-state index is -0.902. The van der Waals surface area contributed by atoms with Crippen LogP contribution in [0, 0.1) is 6.92 Å². The second-order valence-corrected chi connectivity index (χ2v) is 4.92. The summed E-state index contributed by atoms with van der Waals surface area (Å²) in [6, 6.07) is 2.98. The summed E-state index contributed by atoms with van der Waals surface area (Å²) in [6.07, 6.45) is -0.902. The molecule has 21 heavy (non-hydrogen) atoms. The third-order valence-corrected chi connectivity index (χ3v) is 3.32. The van der Waals surface area contributed by atoms with Gasteiger partial charge in [0.05, 0.1) is 12.6 Å². The molecule has 0 aliphatic heterocycles. The van der Waals surface area contributed by atoms with Crippen molar-refractivity contribution in [1.82, 2.24) is 20.1 Å². The quantitative estimate of drug-likeness (QED) is 0.673. The molecule has 2 aromatic heterocycles. The highest BCUT2D eigenvalue weighted by atomic mass is 16.4. The summed E-state index contributed by atoms with van der Waals surface area (Å²) in [7, 11) is 1.91. The van der Waals surface area contributed by atoms with Gasteiger partial charge in [0, 0.05) is 12.7 Å². The van der Waals surface area contributed by atoms with Gasteiger partial charge in [0.2, 0.25) is 11.8 Å². The zero-order valence-electron chi connectivity index (χ0n) is 12.2. The molecule has 0 aliphatic carbocycles. The van der Waals surface area contributed by atoms with E-state index >= 15 is 0 Å². The van der Waals surface area contributed by atoms with Gasteiger partial charge in [-0.05, 0) is 26.0 Å². The van der Waals surface area contributed by atoms with Gasteiger partial charge < -0.3 is 19.8 Å². The predicted molar refractivity (Wildman–Crippen MR) is 74.9 cm³/mol. The highest BCUT2D eigenvalue weighted by Gasteiger charge is 2.21. The van der Waals surface area contributed by atoms with E-state index in [4.69, 9.17) is 10.2 Å². The highest BCUT2D eigenvalue weighted by Crippen LogP contribution is 2.19. The summed E-state index contributed by atoms with van der Waals surface area (Å²) in [4.78, 5) is 11.2. The molecule has 0 aromatic carbocycles. The number of rotatable bonds is 6. The van der Waals surface area contributed by atoms with E-state index < -0.39 is 18.1 Å². The molecule has 2 heterocycles. The SMILES string of the molecule is Cc1ccc(-c2nnc(CN[C@H](C(N)=O)[C@@H](C)O)o2)n1C. The molecule has 0 saturated carbocycles. The largest absolute Gasteiger partial charge is 0.418 e. The Hall–Kier alpha value is -2.19. The maximum Gasteiger partial charge on any atom is 0.264 e. The minimum absolute atomic E-state index is 0.148. The monoisotopic (exact) mass is 293 g/mol. The van der Waals surface area contributed by atoms with Crippen molar-refractivity contribution in [1.29, 1.82) is 0 Å². The number of hydrogen-bond donors (Lipinski definition) is 3. The molecule has 0 unspecified atom stereocenters. The first kappa shape index (κ1) is 15.2. The van der Waals surface area contributed by atoms with Gasteiger partial charge in [-0.15, -0.1) is 10.2 Å². The number of aliphatic hydroxyl groups excluding tert-OH is 1. The molecule has 114 valence electrons. The van der Waals surface area contributed by atoms with Gasteiger partial charge in [-0.25, -0.2) is 0 Å². The standard InChI is InChI=1S/C13H19N5O3/c1-7-4-5-9(18(7)3)13-17-16-10(21-13)6-15-11(8(2)19)12(14)20/h4-5,8,11,15,19H,6H2,1-3H3,(H2,14,20)/t8-,11+/m1/s1. The van der Waals surface area contributed by atoms with E-state index in [0.717, 1.165) is 11.4 Å². The van der Waals surface area contributed by atoms with Crippen LogP contribution in [0.15, 0.2) is 16.5 Å². The number of nitrogens with two attached hydrogens (primary N) is 1. The highest BCUT2D eigenvalue weighted by molar-refractivity contribution is 5.80. The Morgan fingerprint density at radius 2 is 2.24 bits per heavy atom. The summed E-state index contributed by atoms with van der Waals surface area (Å²) in [6.45, 7) is 3.60. The van der Waals surface area contributed by atoms with Crippen LogP contribution in [0.2, 0.25) is 0 Å². The van der Waals surface area contributed by atoms with Crippen molar-refractivity contribution in [3.05, 3.63) is 23.7 Å². The first-order valence-electron chi connectivity index (χ1n) is 6.56. The average molecular weight is 293 g/mol. The van der Waals surface area contributed by atoms with Gasteiger partial charge in [0.1, 0.15) is 11.7 Å². The number of carbonyl (C=O) groups excluding carboxylic acids is 1. The van der Waals surface area contributed by atoms with Crippen molar-refractivity contribution in [3.8, 4) is 11.6 Å². The fourth-order valence-electron chi connectivity index (χ4n) is 1.96. The molecule has 2 rings (SSSR count). The van der Waals surface area contributed by atoms with Crippen LogP contribution in [0.5, 0.6) is 0 Å². The van der Waals surface area contributed by atoms with Gasteiger partial charge in [0.25, 0.3) is 5.89 Å². The van der Waals surface area contributed by atoms with Gasteiger partial charge in [-0.3, -0.25) is 10.1 Å². The summed E-state index contributed by atoms with van der Waals surface area (Å²) in [5, 5.41) is 20.1. The van der Waals surface area contributed by atoms with E-state index in [1.54, 1.807) is 0 Å². The molecule has 0 aliphatic rings. The normalized spacial score (nSPS) is 14.1.